The third kappa shape index (κ3) is 2.02. The van der Waals surface area contributed by atoms with Crippen LogP contribution in [0.5, 0.6) is 0 Å². The van der Waals surface area contributed by atoms with Crippen LogP contribution < -0.4 is 5.32 Å². The van der Waals surface area contributed by atoms with Crippen molar-refractivity contribution in [1.29, 1.82) is 0 Å². The molecule has 16 heavy (non-hydrogen) atoms. The van der Waals surface area contributed by atoms with Crippen molar-refractivity contribution in [3.05, 3.63) is 23.7 Å². The van der Waals surface area contributed by atoms with Gasteiger partial charge in [-0.15, -0.1) is 0 Å². The average Bonchev–Trinajstić information content (AvgIpc) is 3.01. The molecule has 2 aliphatic rings. The lowest BCUT2D eigenvalue weighted by atomic mass is 9.98. The van der Waals surface area contributed by atoms with Gasteiger partial charge in [0.25, 0.3) is 0 Å². The van der Waals surface area contributed by atoms with Gasteiger partial charge >= 0.3 is 0 Å². The van der Waals surface area contributed by atoms with E-state index < -0.39 is 0 Å². The van der Waals surface area contributed by atoms with E-state index in [1.165, 1.54) is 17.9 Å². The van der Waals surface area contributed by atoms with E-state index in [4.69, 9.17) is 9.15 Å². The number of nitrogens with one attached hydrogen (secondary N) is 1. The maximum Gasteiger partial charge on any atom is 0.108 e. The van der Waals surface area contributed by atoms with E-state index in [0.717, 1.165) is 39.1 Å². The van der Waals surface area contributed by atoms with Gasteiger partial charge in [-0.1, -0.05) is 0 Å². The maximum absolute atomic E-state index is 6.01. The molecule has 0 radical (unpaired) electrons. The Morgan fingerprint density at radius 3 is 2.44 bits per heavy atom. The highest BCUT2D eigenvalue weighted by atomic mass is 16.5. The van der Waals surface area contributed by atoms with Crippen LogP contribution >= 0.6 is 0 Å². The molecule has 0 bridgehead atoms. The van der Waals surface area contributed by atoms with Crippen molar-refractivity contribution < 1.29 is 9.15 Å². The van der Waals surface area contributed by atoms with Gasteiger partial charge in [0.1, 0.15) is 11.5 Å². The normalized spacial score (nSPS) is 27.4. The van der Waals surface area contributed by atoms with E-state index in [2.05, 4.69) is 17.4 Å². The summed E-state index contributed by atoms with van der Waals surface area (Å²) in [5.41, 5.74) is 0. The molecule has 0 spiro atoms. The Kier molecular flexibility index (Phi) is 2.98. The Morgan fingerprint density at radius 2 is 1.75 bits per heavy atom. The summed E-state index contributed by atoms with van der Waals surface area (Å²) in [4.78, 5) is 0. The van der Waals surface area contributed by atoms with Crippen molar-refractivity contribution >= 4 is 0 Å². The molecule has 2 aliphatic heterocycles. The van der Waals surface area contributed by atoms with Gasteiger partial charge in [-0.2, -0.15) is 0 Å². The second-order valence-corrected chi connectivity index (χ2v) is 4.82. The summed E-state index contributed by atoms with van der Waals surface area (Å²) < 4.78 is 11.4. The van der Waals surface area contributed by atoms with E-state index in [1.807, 2.05) is 0 Å². The lowest BCUT2D eigenvalue weighted by molar-refractivity contribution is 0.0803. The van der Waals surface area contributed by atoms with E-state index in [9.17, 15) is 0 Å². The van der Waals surface area contributed by atoms with Gasteiger partial charge in [0.15, 0.2) is 0 Å². The fourth-order valence-electron chi connectivity index (χ4n) is 2.69. The van der Waals surface area contributed by atoms with Crippen LogP contribution in [0.3, 0.4) is 0 Å². The summed E-state index contributed by atoms with van der Waals surface area (Å²) in [5.74, 6) is 3.52. The molecule has 1 aromatic rings. The van der Waals surface area contributed by atoms with E-state index in [-0.39, 0.29) is 0 Å². The second kappa shape index (κ2) is 4.60. The standard InChI is InChI=1S/C13H19NO2/c1-2-13(11-3-6-14-9-11)16-12(1)10-4-7-15-8-5-10/h1-2,10-11,14H,3-9H2. The van der Waals surface area contributed by atoms with Crippen molar-refractivity contribution in [2.75, 3.05) is 26.3 Å². The van der Waals surface area contributed by atoms with Crippen LogP contribution in [0, 0.1) is 0 Å². The van der Waals surface area contributed by atoms with E-state index in [0.29, 0.717) is 11.8 Å². The number of hydrogen-bond acceptors (Lipinski definition) is 3. The molecule has 1 N–H and O–H groups in total. The molecule has 1 unspecified atom stereocenters. The molecule has 0 aromatic carbocycles. The third-order valence-corrected chi connectivity index (χ3v) is 3.73. The van der Waals surface area contributed by atoms with Gasteiger partial charge in [0, 0.05) is 31.6 Å². The number of ether oxygens (including phenoxy) is 1. The first-order chi connectivity index (χ1) is 7.93. The summed E-state index contributed by atoms with van der Waals surface area (Å²) in [6.45, 7) is 3.95. The molecule has 3 heterocycles. The van der Waals surface area contributed by atoms with Crippen LogP contribution in [0.25, 0.3) is 0 Å². The zero-order chi connectivity index (χ0) is 10.8. The summed E-state index contributed by atoms with van der Waals surface area (Å²) in [6.07, 6.45) is 3.42. The van der Waals surface area contributed by atoms with Crippen LogP contribution in [0.15, 0.2) is 16.5 Å². The fraction of sp³-hybridized carbons (Fsp3) is 0.692. The van der Waals surface area contributed by atoms with Gasteiger partial charge in [-0.3, -0.25) is 0 Å². The molecular weight excluding hydrogens is 202 g/mol. The molecular formula is C13H19NO2. The monoisotopic (exact) mass is 221 g/mol. The number of hydrogen-bond donors (Lipinski definition) is 1. The molecule has 2 saturated heterocycles. The second-order valence-electron chi connectivity index (χ2n) is 4.82. The van der Waals surface area contributed by atoms with E-state index >= 15 is 0 Å². The molecule has 1 aromatic heterocycles. The molecule has 3 nitrogen and oxygen atoms in total. The SMILES string of the molecule is c1cc(C2CCNC2)oc1C1CCOCC1. The van der Waals surface area contributed by atoms with Crippen LogP contribution in [-0.2, 0) is 4.74 Å². The largest absolute Gasteiger partial charge is 0.465 e. The molecule has 3 heteroatoms. The molecule has 0 amide bonds. The topological polar surface area (TPSA) is 34.4 Å². The van der Waals surface area contributed by atoms with Crippen LogP contribution in [-0.4, -0.2) is 26.3 Å². The van der Waals surface area contributed by atoms with Crippen LogP contribution in [0.2, 0.25) is 0 Å². The number of furan rings is 1. The first-order valence-electron chi connectivity index (χ1n) is 6.31. The van der Waals surface area contributed by atoms with Gasteiger partial charge < -0.3 is 14.5 Å². The molecule has 0 aliphatic carbocycles. The number of rotatable bonds is 2. The van der Waals surface area contributed by atoms with Crippen LogP contribution in [0.4, 0.5) is 0 Å². The van der Waals surface area contributed by atoms with Gasteiger partial charge in [-0.25, -0.2) is 0 Å². The van der Waals surface area contributed by atoms with Crippen molar-refractivity contribution in [3.8, 4) is 0 Å². The Hall–Kier alpha value is -0.800. The quantitative estimate of drug-likeness (QED) is 0.831. The van der Waals surface area contributed by atoms with Crippen molar-refractivity contribution in [2.24, 2.45) is 0 Å². The highest BCUT2D eigenvalue weighted by Crippen LogP contribution is 2.31. The first kappa shape index (κ1) is 10.4. The molecule has 1 atom stereocenters. The first-order valence-corrected chi connectivity index (χ1v) is 6.31. The Morgan fingerprint density at radius 1 is 1.00 bits per heavy atom. The molecule has 88 valence electrons. The Balaban J connectivity index is 1.71. The van der Waals surface area contributed by atoms with Gasteiger partial charge in [-0.05, 0) is 37.9 Å². The summed E-state index contributed by atoms with van der Waals surface area (Å²) >= 11 is 0. The fourth-order valence-corrected chi connectivity index (χ4v) is 2.69. The zero-order valence-electron chi connectivity index (χ0n) is 9.58. The van der Waals surface area contributed by atoms with Gasteiger partial charge in [0.2, 0.25) is 0 Å². The minimum atomic E-state index is 0.580. The molecule has 3 rings (SSSR count). The molecule has 2 fully saturated rings. The van der Waals surface area contributed by atoms with Crippen LogP contribution in [0.1, 0.15) is 42.6 Å². The summed E-state index contributed by atoms with van der Waals surface area (Å²) in [6, 6.07) is 4.34. The minimum absolute atomic E-state index is 0.580. The molecule has 0 saturated carbocycles. The van der Waals surface area contributed by atoms with Crippen molar-refractivity contribution in [2.45, 2.75) is 31.1 Å². The smallest absolute Gasteiger partial charge is 0.108 e. The summed E-state index contributed by atoms with van der Waals surface area (Å²) in [7, 11) is 0. The Labute approximate surface area is 96.2 Å². The average molecular weight is 221 g/mol. The Bertz CT molecular complexity index is 335. The lowest BCUT2D eigenvalue weighted by Crippen LogP contribution is -2.13. The highest BCUT2D eigenvalue weighted by molar-refractivity contribution is 5.16. The van der Waals surface area contributed by atoms with Crippen molar-refractivity contribution in [3.63, 3.8) is 0 Å². The van der Waals surface area contributed by atoms with E-state index in [1.54, 1.807) is 0 Å². The third-order valence-electron chi connectivity index (χ3n) is 3.73. The predicted octanol–water partition coefficient (Wildman–Crippen LogP) is 2.25. The van der Waals surface area contributed by atoms with Crippen molar-refractivity contribution in [1.82, 2.24) is 5.32 Å². The zero-order valence-corrected chi connectivity index (χ0v) is 9.58. The highest BCUT2D eigenvalue weighted by Gasteiger charge is 2.23. The predicted molar refractivity (Wildman–Crippen MR) is 61.7 cm³/mol. The maximum atomic E-state index is 6.01. The summed E-state index contributed by atoms with van der Waals surface area (Å²) in [5, 5.41) is 3.38. The van der Waals surface area contributed by atoms with Gasteiger partial charge in [0.05, 0.1) is 0 Å². The minimum Gasteiger partial charge on any atom is -0.465 e. The lowest BCUT2D eigenvalue weighted by Gasteiger charge is -2.20.